The summed E-state index contributed by atoms with van der Waals surface area (Å²) in [7, 11) is 0. The first-order chi connectivity index (χ1) is 14.9. The fraction of sp³-hybridized carbons (Fsp3) is 0.375. The number of halogens is 1. The van der Waals surface area contributed by atoms with Crippen LogP contribution in [0.2, 0.25) is 0 Å². The second-order valence-electron chi connectivity index (χ2n) is 8.25. The number of anilines is 1. The van der Waals surface area contributed by atoms with Gasteiger partial charge in [-0.05, 0) is 55.3 Å². The monoisotopic (exact) mass is 424 g/mol. The average molecular weight is 424 g/mol. The number of piperidine rings is 1. The van der Waals surface area contributed by atoms with E-state index >= 15 is 0 Å². The Balaban J connectivity index is 1.41. The van der Waals surface area contributed by atoms with Crippen molar-refractivity contribution in [3.05, 3.63) is 59.9 Å². The van der Waals surface area contributed by atoms with E-state index in [0.29, 0.717) is 36.7 Å². The lowest BCUT2D eigenvalue weighted by atomic mass is 9.98. The fourth-order valence-corrected chi connectivity index (χ4v) is 4.15. The maximum absolute atomic E-state index is 13.1. The van der Waals surface area contributed by atoms with Crippen LogP contribution in [0.25, 0.3) is 0 Å². The van der Waals surface area contributed by atoms with Gasteiger partial charge in [0.15, 0.2) is 0 Å². The molecule has 0 aliphatic carbocycles. The third-order valence-electron chi connectivity index (χ3n) is 5.83. The van der Waals surface area contributed by atoms with Crippen LogP contribution in [0.5, 0.6) is 5.75 Å². The first-order valence-electron chi connectivity index (χ1n) is 10.6. The quantitative estimate of drug-likeness (QED) is 0.687. The highest BCUT2D eigenvalue weighted by Gasteiger charge is 2.37. The highest BCUT2D eigenvalue weighted by Crippen LogP contribution is 2.28. The Kier molecular flexibility index (Phi) is 6.02. The molecule has 31 heavy (non-hydrogen) atoms. The van der Waals surface area contributed by atoms with E-state index in [-0.39, 0.29) is 41.8 Å². The SMILES string of the molecule is C[C@H]1CC(=O)N(c2cccc(C(=O)N3CCC[C@H](COc4ccc(F)cc4)C3)c2)C1=O. The van der Waals surface area contributed by atoms with E-state index in [2.05, 4.69) is 0 Å². The van der Waals surface area contributed by atoms with Gasteiger partial charge >= 0.3 is 0 Å². The molecule has 2 fully saturated rings. The van der Waals surface area contributed by atoms with E-state index in [0.717, 1.165) is 12.8 Å². The van der Waals surface area contributed by atoms with Crippen molar-refractivity contribution in [3.63, 3.8) is 0 Å². The number of hydrogen-bond acceptors (Lipinski definition) is 4. The molecule has 7 heteroatoms. The normalized spacial score (nSPS) is 21.5. The van der Waals surface area contributed by atoms with E-state index < -0.39 is 0 Å². The summed E-state index contributed by atoms with van der Waals surface area (Å²) >= 11 is 0. The van der Waals surface area contributed by atoms with Gasteiger partial charge in [-0.15, -0.1) is 0 Å². The van der Waals surface area contributed by atoms with Gasteiger partial charge in [0, 0.05) is 36.9 Å². The molecule has 2 atom stereocenters. The summed E-state index contributed by atoms with van der Waals surface area (Å²) in [4.78, 5) is 40.6. The van der Waals surface area contributed by atoms with Crippen molar-refractivity contribution < 1.29 is 23.5 Å². The summed E-state index contributed by atoms with van der Waals surface area (Å²) in [5.41, 5.74) is 0.899. The topological polar surface area (TPSA) is 66.9 Å². The van der Waals surface area contributed by atoms with Crippen molar-refractivity contribution in [2.45, 2.75) is 26.2 Å². The van der Waals surface area contributed by atoms with Gasteiger partial charge in [0.05, 0.1) is 12.3 Å². The smallest absolute Gasteiger partial charge is 0.253 e. The van der Waals surface area contributed by atoms with Crippen LogP contribution in [-0.2, 0) is 9.59 Å². The Morgan fingerprint density at radius 3 is 2.65 bits per heavy atom. The number of benzene rings is 2. The van der Waals surface area contributed by atoms with E-state index in [1.807, 2.05) is 0 Å². The fourth-order valence-electron chi connectivity index (χ4n) is 4.15. The van der Waals surface area contributed by atoms with Gasteiger partial charge in [-0.2, -0.15) is 0 Å². The number of ether oxygens (including phenoxy) is 1. The number of carbonyl (C=O) groups excluding carboxylic acids is 3. The summed E-state index contributed by atoms with van der Waals surface area (Å²) in [6.07, 6.45) is 2.00. The number of rotatable bonds is 5. The molecule has 2 aromatic rings. The van der Waals surface area contributed by atoms with Crippen LogP contribution in [0.4, 0.5) is 10.1 Å². The van der Waals surface area contributed by atoms with Gasteiger partial charge in [0.2, 0.25) is 11.8 Å². The zero-order valence-corrected chi connectivity index (χ0v) is 17.4. The summed E-state index contributed by atoms with van der Waals surface area (Å²) in [5.74, 6) is -0.462. The number of amides is 3. The van der Waals surface area contributed by atoms with Crippen molar-refractivity contribution in [3.8, 4) is 5.75 Å². The molecule has 2 saturated heterocycles. The molecule has 162 valence electrons. The minimum absolute atomic E-state index is 0.125. The Hall–Kier alpha value is -3.22. The summed E-state index contributed by atoms with van der Waals surface area (Å²) < 4.78 is 18.8. The first kappa shape index (κ1) is 21.0. The first-order valence-corrected chi connectivity index (χ1v) is 10.6. The zero-order valence-electron chi connectivity index (χ0n) is 17.4. The van der Waals surface area contributed by atoms with Gasteiger partial charge in [-0.3, -0.25) is 19.3 Å². The van der Waals surface area contributed by atoms with Crippen LogP contribution in [0, 0.1) is 17.7 Å². The standard InChI is InChI=1S/C24H25FN2O4/c1-16-12-22(28)27(23(16)29)20-6-2-5-18(13-20)24(30)26-11-3-4-17(14-26)15-31-21-9-7-19(25)8-10-21/h2,5-10,13,16-17H,3-4,11-12,14-15H2,1H3/t16-,17-/m0/s1. The number of carbonyl (C=O) groups is 3. The second kappa shape index (κ2) is 8.88. The minimum Gasteiger partial charge on any atom is -0.493 e. The van der Waals surface area contributed by atoms with E-state index in [1.54, 1.807) is 48.2 Å². The highest BCUT2D eigenvalue weighted by molar-refractivity contribution is 6.21. The van der Waals surface area contributed by atoms with Crippen LogP contribution < -0.4 is 9.64 Å². The maximum Gasteiger partial charge on any atom is 0.253 e. The molecule has 2 heterocycles. The molecule has 0 bridgehead atoms. The van der Waals surface area contributed by atoms with Crippen LogP contribution in [-0.4, -0.2) is 42.3 Å². The lowest BCUT2D eigenvalue weighted by molar-refractivity contribution is -0.122. The Labute approximate surface area is 180 Å². The van der Waals surface area contributed by atoms with Crippen molar-refractivity contribution in [1.29, 1.82) is 0 Å². The van der Waals surface area contributed by atoms with Crippen LogP contribution in [0.15, 0.2) is 48.5 Å². The highest BCUT2D eigenvalue weighted by atomic mass is 19.1. The molecule has 0 N–H and O–H groups in total. The van der Waals surface area contributed by atoms with Crippen molar-refractivity contribution >= 4 is 23.4 Å². The number of hydrogen-bond donors (Lipinski definition) is 0. The third kappa shape index (κ3) is 4.60. The van der Waals surface area contributed by atoms with Crippen molar-refractivity contribution in [2.75, 3.05) is 24.6 Å². The lowest BCUT2D eigenvalue weighted by Crippen LogP contribution is -2.41. The molecule has 6 nitrogen and oxygen atoms in total. The van der Waals surface area contributed by atoms with Crippen molar-refractivity contribution in [2.24, 2.45) is 11.8 Å². The van der Waals surface area contributed by atoms with Crippen LogP contribution in [0.1, 0.15) is 36.5 Å². The van der Waals surface area contributed by atoms with Crippen molar-refractivity contribution in [1.82, 2.24) is 4.90 Å². The van der Waals surface area contributed by atoms with E-state index in [4.69, 9.17) is 4.74 Å². The molecule has 2 aromatic carbocycles. The predicted molar refractivity (Wildman–Crippen MR) is 113 cm³/mol. The maximum atomic E-state index is 13.1. The predicted octanol–water partition coefficient (Wildman–Crippen LogP) is 3.66. The number of imide groups is 1. The van der Waals surface area contributed by atoms with Crippen LogP contribution in [0.3, 0.4) is 0 Å². The van der Waals surface area contributed by atoms with E-state index in [1.165, 1.54) is 17.0 Å². The molecule has 0 spiro atoms. The molecule has 0 radical (unpaired) electrons. The molecule has 2 aliphatic heterocycles. The number of nitrogens with zero attached hydrogens (tertiary/aromatic N) is 2. The minimum atomic E-state index is -0.337. The molecule has 4 rings (SSSR count). The molecule has 0 aromatic heterocycles. The van der Waals surface area contributed by atoms with Crippen LogP contribution >= 0.6 is 0 Å². The lowest BCUT2D eigenvalue weighted by Gasteiger charge is -2.33. The summed E-state index contributed by atoms with van der Waals surface area (Å²) in [5, 5.41) is 0. The van der Waals surface area contributed by atoms with E-state index in [9.17, 15) is 18.8 Å². The largest absolute Gasteiger partial charge is 0.493 e. The molecule has 0 saturated carbocycles. The Morgan fingerprint density at radius 1 is 1.16 bits per heavy atom. The molecular weight excluding hydrogens is 399 g/mol. The van der Waals surface area contributed by atoms with Gasteiger partial charge in [0.25, 0.3) is 5.91 Å². The Bertz CT molecular complexity index is 991. The molecular formula is C24H25FN2O4. The average Bonchev–Trinajstić information content (AvgIpc) is 3.04. The van der Waals surface area contributed by atoms with Gasteiger partial charge in [-0.25, -0.2) is 4.39 Å². The Morgan fingerprint density at radius 2 is 1.94 bits per heavy atom. The second-order valence-corrected chi connectivity index (χ2v) is 8.25. The molecule has 3 amide bonds. The summed E-state index contributed by atoms with van der Waals surface area (Å²) in [6.45, 7) is 3.39. The molecule has 0 unspecified atom stereocenters. The van der Waals surface area contributed by atoms with Gasteiger partial charge in [0.1, 0.15) is 11.6 Å². The number of likely N-dealkylation sites (tertiary alicyclic amines) is 1. The third-order valence-corrected chi connectivity index (χ3v) is 5.83. The van der Waals surface area contributed by atoms with Gasteiger partial charge < -0.3 is 9.64 Å². The zero-order chi connectivity index (χ0) is 22.0. The van der Waals surface area contributed by atoms with Gasteiger partial charge in [-0.1, -0.05) is 13.0 Å². The molecule has 2 aliphatic rings. The summed E-state index contributed by atoms with van der Waals surface area (Å²) in [6, 6.07) is 12.6.